The third-order valence-electron chi connectivity index (χ3n) is 3.24. The minimum atomic E-state index is -0.307. The summed E-state index contributed by atoms with van der Waals surface area (Å²) in [5, 5.41) is 3.30. The fourth-order valence-corrected chi connectivity index (χ4v) is 2.63. The Bertz CT molecular complexity index is 336. The molecule has 1 aliphatic rings. The highest BCUT2D eigenvalue weighted by Crippen LogP contribution is 2.24. The van der Waals surface area contributed by atoms with Crippen molar-refractivity contribution in [3.63, 3.8) is 0 Å². The lowest BCUT2D eigenvalue weighted by molar-refractivity contribution is 0.147. The molecule has 0 spiro atoms. The van der Waals surface area contributed by atoms with Crippen LogP contribution in [-0.4, -0.2) is 44.0 Å². The van der Waals surface area contributed by atoms with Crippen molar-refractivity contribution in [2.24, 2.45) is 0 Å². The van der Waals surface area contributed by atoms with Gasteiger partial charge in [-0.3, -0.25) is 4.90 Å². The zero-order chi connectivity index (χ0) is 12.1. The molecule has 1 aromatic rings. The predicted octanol–water partition coefficient (Wildman–Crippen LogP) is 2.32. The molecule has 0 bridgehead atoms. The van der Waals surface area contributed by atoms with Gasteiger partial charge < -0.3 is 5.32 Å². The fourth-order valence-electron chi connectivity index (χ4n) is 2.22. The van der Waals surface area contributed by atoms with Crippen molar-refractivity contribution in [3.05, 3.63) is 29.8 Å². The summed E-state index contributed by atoms with van der Waals surface area (Å²) < 4.78 is 13.2. The largest absolute Gasteiger partial charge is 0.314 e. The second-order valence-electron chi connectivity index (χ2n) is 4.23. The summed E-state index contributed by atoms with van der Waals surface area (Å²) >= 11 is 1.72. The molecule has 0 unspecified atom stereocenters. The normalized spacial score (nSPS) is 19.2. The third kappa shape index (κ3) is 3.21. The molecule has 2 nitrogen and oxygen atoms in total. The summed E-state index contributed by atoms with van der Waals surface area (Å²) in [6, 6.07) is 8.18. The smallest absolute Gasteiger partial charge is 0.109 e. The van der Waals surface area contributed by atoms with E-state index in [1.165, 1.54) is 4.90 Å². The van der Waals surface area contributed by atoms with E-state index < -0.39 is 0 Å². The van der Waals surface area contributed by atoms with Crippen LogP contribution in [0.1, 0.15) is 11.6 Å². The van der Waals surface area contributed by atoms with Crippen molar-refractivity contribution in [2.75, 3.05) is 39.1 Å². The Labute approximate surface area is 107 Å². The molecule has 94 valence electrons. The SMILES string of the molecule is CSc1ccc([C@H](CF)N2CCNCC2)cc1. The van der Waals surface area contributed by atoms with Gasteiger partial charge in [0.05, 0.1) is 6.04 Å². The van der Waals surface area contributed by atoms with Gasteiger partial charge >= 0.3 is 0 Å². The van der Waals surface area contributed by atoms with Crippen molar-refractivity contribution < 1.29 is 4.39 Å². The molecule has 1 aromatic carbocycles. The van der Waals surface area contributed by atoms with Crippen LogP contribution < -0.4 is 5.32 Å². The first-order chi connectivity index (χ1) is 8.35. The monoisotopic (exact) mass is 254 g/mol. The quantitative estimate of drug-likeness (QED) is 0.830. The Balaban J connectivity index is 2.10. The number of hydrogen-bond acceptors (Lipinski definition) is 3. The van der Waals surface area contributed by atoms with E-state index in [4.69, 9.17) is 0 Å². The maximum absolute atomic E-state index is 13.2. The number of benzene rings is 1. The van der Waals surface area contributed by atoms with Crippen LogP contribution >= 0.6 is 11.8 Å². The number of nitrogens with zero attached hydrogens (tertiary/aromatic N) is 1. The minimum Gasteiger partial charge on any atom is -0.314 e. The van der Waals surface area contributed by atoms with Crippen LogP contribution in [0.3, 0.4) is 0 Å². The van der Waals surface area contributed by atoms with Crippen molar-refractivity contribution in [3.8, 4) is 0 Å². The van der Waals surface area contributed by atoms with Crippen LogP contribution in [-0.2, 0) is 0 Å². The van der Waals surface area contributed by atoms with Gasteiger partial charge in [0, 0.05) is 31.1 Å². The zero-order valence-electron chi connectivity index (χ0n) is 10.2. The van der Waals surface area contributed by atoms with Crippen molar-refractivity contribution in [1.29, 1.82) is 0 Å². The van der Waals surface area contributed by atoms with E-state index in [0.29, 0.717) is 0 Å². The second kappa shape index (κ2) is 6.38. The Morgan fingerprint density at radius 2 is 1.94 bits per heavy atom. The van der Waals surface area contributed by atoms with E-state index >= 15 is 0 Å². The first-order valence-corrected chi connectivity index (χ1v) is 7.22. The first kappa shape index (κ1) is 12.9. The highest BCUT2D eigenvalue weighted by Gasteiger charge is 2.21. The maximum atomic E-state index is 13.2. The average Bonchev–Trinajstić information content (AvgIpc) is 2.42. The molecule has 1 heterocycles. The molecule has 0 radical (unpaired) electrons. The van der Waals surface area contributed by atoms with Gasteiger partial charge in [0.2, 0.25) is 0 Å². The molecule has 1 saturated heterocycles. The van der Waals surface area contributed by atoms with Gasteiger partial charge in [0.15, 0.2) is 0 Å². The Hall–Kier alpha value is -0.580. The molecule has 0 aromatic heterocycles. The molecule has 0 aliphatic carbocycles. The standard InChI is InChI=1S/C13H19FN2S/c1-17-12-4-2-11(3-5-12)13(10-14)16-8-6-15-7-9-16/h2-5,13,15H,6-10H2,1H3/t13-/m0/s1. The molecule has 0 saturated carbocycles. The van der Waals surface area contributed by atoms with E-state index in [2.05, 4.69) is 40.7 Å². The highest BCUT2D eigenvalue weighted by atomic mass is 32.2. The fraction of sp³-hybridized carbons (Fsp3) is 0.538. The molecule has 0 amide bonds. The van der Waals surface area contributed by atoms with Gasteiger partial charge in [-0.2, -0.15) is 0 Å². The van der Waals surface area contributed by atoms with Crippen LogP contribution in [0.5, 0.6) is 0 Å². The second-order valence-corrected chi connectivity index (χ2v) is 5.11. The molecular weight excluding hydrogens is 235 g/mol. The van der Waals surface area contributed by atoms with E-state index in [1.54, 1.807) is 11.8 Å². The molecule has 4 heteroatoms. The highest BCUT2D eigenvalue weighted by molar-refractivity contribution is 7.98. The Kier molecular flexibility index (Phi) is 4.83. The van der Waals surface area contributed by atoms with Gasteiger partial charge in [-0.25, -0.2) is 4.39 Å². The Morgan fingerprint density at radius 1 is 1.29 bits per heavy atom. The van der Waals surface area contributed by atoms with Crippen LogP contribution in [0.25, 0.3) is 0 Å². The number of rotatable bonds is 4. The molecule has 17 heavy (non-hydrogen) atoms. The van der Waals surface area contributed by atoms with E-state index in [-0.39, 0.29) is 12.7 Å². The number of alkyl halides is 1. The predicted molar refractivity (Wildman–Crippen MR) is 71.4 cm³/mol. The average molecular weight is 254 g/mol. The van der Waals surface area contributed by atoms with Gasteiger partial charge in [-0.1, -0.05) is 12.1 Å². The summed E-state index contributed by atoms with van der Waals surface area (Å²) in [6.07, 6.45) is 2.05. The van der Waals surface area contributed by atoms with Crippen LogP contribution in [0, 0.1) is 0 Å². The van der Waals surface area contributed by atoms with Crippen LogP contribution in [0.15, 0.2) is 29.2 Å². The lowest BCUT2D eigenvalue weighted by Gasteiger charge is -2.33. The topological polar surface area (TPSA) is 15.3 Å². The lowest BCUT2D eigenvalue weighted by atomic mass is 10.1. The number of thioether (sulfide) groups is 1. The Morgan fingerprint density at radius 3 is 2.47 bits per heavy atom. The number of piperazine rings is 1. The molecule has 2 rings (SSSR count). The van der Waals surface area contributed by atoms with Crippen molar-refractivity contribution in [1.82, 2.24) is 10.2 Å². The molecule has 1 fully saturated rings. The lowest BCUT2D eigenvalue weighted by Crippen LogP contribution is -2.45. The van der Waals surface area contributed by atoms with Crippen LogP contribution in [0.4, 0.5) is 4.39 Å². The summed E-state index contributed by atoms with van der Waals surface area (Å²) in [4.78, 5) is 3.46. The van der Waals surface area contributed by atoms with Crippen molar-refractivity contribution >= 4 is 11.8 Å². The third-order valence-corrected chi connectivity index (χ3v) is 3.98. The molecule has 1 N–H and O–H groups in total. The summed E-state index contributed by atoms with van der Waals surface area (Å²) in [5.74, 6) is 0. The minimum absolute atomic E-state index is 0.0759. The number of halogens is 1. The zero-order valence-corrected chi connectivity index (χ0v) is 11.0. The van der Waals surface area contributed by atoms with E-state index in [1.807, 2.05) is 0 Å². The first-order valence-electron chi connectivity index (χ1n) is 6.00. The van der Waals surface area contributed by atoms with E-state index in [0.717, 1.165) is 31.7 Å². The summed E-state index contributed by atoms with van der Waals surface area (Å²) in [7, 11) is 0. The van der Waals surface area contributed by atoms with Gasteiger partial charge in [-0.15, -0.1) is 11.8 Å². The van der Waals surface area contributed by atoms with Gasteiger partial charge in [-0.05, 0) is 24.0 Å². The maximum Gasteiger partial charge on any atom is 0.109 e. The van der Waals surface area contributed by atoms with E-state index in [9.17, 15) is 4.39 Å². The molecule has 1 atom stereocenters. The molecule has 1 aliphatic heterocycles. The summed E-state index contributed by atoms with van der Waals surface area (Å²) in [6.45, 7) is 3.47. The summed E-state index contributed by atoms with van der Waals surface area (Å²) in [5.41, 5.74) is 1.09. The van der Waals surface area contributed by atoms with Gasteiger partial charge in [0.1, 0.15) is 6.67 Å². The number of hydrogen-bond donors (Lipinski definition) is 1. The van der Waals surface area contributed by atoms with Crippen LogP contribution in [0.2, 0.25) is 0 Å². The molecular formula is C13H19FN2S. The van der Waals surface area contributed by atoms with Gasteiger partial charge in [0.25, 0.3) is 0 Å². The number of nitrogens with one attached hydrogen (secondary N) is 1. The van der Waals surface area contributed by atoms with Crippen molar-refractivity contribution in [2.45, 2.75) is 10.9 Å².